The maximum Gasteiger partial charge on any atom is 0.334 e. The first-order chi connectivity index (χ1) is 16.8. The lowest BCUT2D eigenvalue weighted by molar-refractivity contribution is -0.0260. The van der Waals surface area contributed by atoms with Crippen LogP contribution < -0.4 is 11.0 Å². The highest BCUT2D eigenvalue weighted by molar-refractivity contribution is 5.99. The summed E-state index contributed by atoms with van der Waals surface area (Å²) in [6.07, 6.45) is 5.61. The smallest absolute Gasteiger partial charge is 0.334 e. The zero-order valence-electron chi connectivity index (χ0n) is 19.3. The summed E-state index contributed by atoms with van der Waals surface area (Å²) in [5.41, 5.74) is 2.58. The van der Waals surface area contributed by atoms with Crippen molar-refractivity contribution >= 4 is 11.6 Å². The Bertz CT molecular complexity index is 1450. The molecule has 2 atom stereocenters. The maximum absolute atomic E-state index is 15.1. The fourth-order valence-electron chi connectivity index (χ4n) is 4.44. The van der Waals surface area contributed by atoms with Gasteiger partial charge in [0.15, 0.2) is 5.65 Å². The second-order valence-electron chi connectivity index (χ2n) is 8.69. The Kier molecular flexibility index (Phi) is 5.95. The number of amides is 1. The van der Waals surface area contributed by atoms with E-state index in [4.69, 9.17) is 4.74 Å². The Morgan fingerprint density at radius 1 is 1.37 bits per heavy atom. The van der Waals surface area contributed by atoms with Crippen molar-refractivity contribution in [2.75, 3.05) is 13.2 Å². The van der Waals surface area contributed by atoms with Crippen molar-refractivity contribution < 1.29 is 19.0 Å². The molecule has 0 radical (unpaired) electrons. The van der Waals surface area contributed by atoms with Crippen LogP contribution in [-0.2, 0) is 18.3 Å². The van der Waals surface area contributed by atoms with E-state index >= 15 is 4.39 Å². The molecule has 2 N–H and O–H groups in total. The van der Waals surface area contributed by atoms with Gasteiger partial charge < -0.3 is 15.2 Å². The molecule has 182 valence electrons. The molecule has 11 heteroatoms. The van der Waals surface area contributed by atoms with Crippen LogP contribution in [0, 0.1) is 12.7 Å². The second kappa shape index (κ2) is 9.08. The van der Waals surface area contributed by atoms with Gasteiger partial charge in [-0.3, -0.25) is 18.4 Å². The number of aliphatic hydroxyl groups is 1. The Morgan fingerprint density at radius 3 is 2.91 bits per heavy atom. The van der Waals surface area contributed by atoms with Crippen molar-refractivity contribution in [2.45, 2.75) is 32.0 Å². The lowest BCUT2D eigenvalue weighted by Crippen LogP contribution is -2.49. The molecule has 1 aliphatic heterocycles. The molecular formula is C24H25FN6O4. The first-order valence-corrected chi connectivity index (χ1v) is 11.2. The minimum Gasteiger partial charge on any atom is -0.389 e. The number of imidazole rings is 1. The molecule has 3 aromatic heterocycles. The van der Waals surface area contributed by atoms with Crippen molar-refractivity contribution in [3.05, 3.63) is 76.0 Å². The predicted octanol–water partition coefficient (Wildman–Crippen LogP) is 1.27. The van der Waals surface area contributed by atoms with Crippen molar-refractivity contribution in [1.29, 1.82) is 0 Å². The molecule has 10 nitrogen and oxygen atoms in total. The third kappa shape index (κ3) is 4.24. The van der Waals surface area contributed by atoms with Crippen LogP contribution in [0.25, 0.3) is 16.9 Å². The molecule has 0 bridgehead atoms. The molecule has 0 saturated carbocycles. The molecule has 0 unspecified atom stereocenters. The number of nitrogens with one attached hydrogen (secondary N) is 1. The summed E-state index contributed by atoms with van der Waals surface area (Å²) in [6, 6.07) is 4.34. The number of benzene rings is 1. The van der Waals surface area contributed by atoms with E-state index in [2.05, 4.69) is 15.4 Å². The highest BCUT2D eigenvalue weighted by atomic mass is 19.1. The molecule has 5 rings (SSSR count). The van der Waals surface area contributed by atoms with Gasteiger partial charge in [-0.2, -0.15) is 5.10 Å². The molecule has 1 aliphatic rings. The van der Waals surface area contributed by atoms with E-state index in [-0.39, 0.29) is 24.4 Å². The van der Waals surface area contributed by atoms with Crippen molar-refractivity contribution in [3.63, 3.8) is 0 Å². The standard InChI is InChI=1S/C24H25FN6O4/c1-14-10-27-29(2)21(14)15-3-4-16(18(25)9-15)11-30-12-17(22-26-6-7-31(22)24(30)34)23(33)28-19-5-8-35-13-20(19)32/h3-4,6-7,9-10,12,19-20,32H,5,8,11,13H2,1-2H3,(H,28,33)/t19-,20-/m0/s1. The average Bonchev–Trinajstić information content (AvgIpc) is 3.45. The molecule has 1 amide bonds. The molecule has 0 spiro atoms. The van der Waals surface area contributed by atoms with E-state index in [1.807, 2.05) is 6.92 Å². The largest absolute Gasteiger partial charge is 0.389 e. The van der Waals surface area contributed by atoms with Crippen LogP contribution in [0.15, 0.2) is 47.8 Å². The molecule has 1 saturated heterocycles. The normalized spacial score (nSPS) is 18.2. The Balaban J connectivity index is 1.48. The van der Waals surface area contributed by atoms with Gasteiger partial charge in [0.1, 0.15) is 5.82 Å². The van der Waals surface area contributed by atoms with Gasteiger partial charge in [-0.25, -0.2) is 14.2 Å². The lowest BCUT2D eigenvalue weighted by atomic mass is 10.1. The van der Waals surface area contributed by atoms with E-state index in [1.165, 1.54) is 33.6 Å². The first-order valence-electron chi connectivity index (χ1n) is 11.2. The molecule has 1 fully saturated rings. The summed E-state index contributed by atoms with van der Waals surface area (Å²) < 4.78 is 24.5. The fourth-order valence-corrected chi connectivity index (χ4v) is 4.44. The number of hydrogen-bond acceptors (Lipinski definition) is 6. The molecular weight excluding hydrogens is 455 g/mol. The van der Waals surface area contributed by atoms with Crippen molar-refractivity contribution in [2.24, 2.45) is 7.05 Å². The minimum absolute atomic E-state index is 0.0798. The third-order valence-electron chi connectivity index (χ3n) is 6.29. The van der Waals surface area contributed by atoms with Crippen molar-refractivity contribution in [1.82, 2.24) is 29.0 Å². The number of halogens is 1. The maximum atomic E-state index is 15.1. The van der Waals surface area contributed by atoms with Crippen LogP contribution in [-0.4, -0.2) is 60.1 Å². The number of carbonyl (C=O) groups excluding carboxylic acids is 1. The number of carbonyl (C=O) groups is 1. The lowest BCUT2D eigenvalue weighted by Gasteiger charge is -2.28. The number of ether oxygens (including phenoxy) is 1. The van der Waals surface area contributed by atoms with Gasteiger partial charge in [0, 0.05) is 43.4 Å². The van der Waals surface area contributed by atoms with E-state index in [9.17, 15) is 14.7 Å². The monoisotopic (exact) mass is 480 g/mol. The van der Waals surface area contributed by atoms with E-state index < -0.39 is 29.6 Å². The van der Waals surface area contributed by atoms with Gasteiger partial charge in [-0.05, 0) is 25.0 Å². The molecule has 1 aromatic carbocycles. The number of aliphatic hydroxyl groups excluding tert-OH is 1. The van der Waals surface area contributed by atoms with Gasteiger partial charge in [0.05, 0.1) is 42.8 Å². The zero-order chi connectivity index (χ0) is 24.7. The first kappa shape index (κ1) is 22.9. The highest BCUT2D eigenvalue weighted by Crippen LogP contribution is 2.25. The van der Waals surface area contributed by atoms with Crippen LogP contribution in [0.3, 0.4) is 0 Å². The summed E-state index contributed by atoms with van der Waals surface area (Å²) >= 11 is 0. The summed E-state index contributed by atoms with van der Waals surface area (Å²) in [5, 5.41) is 17.1. The SMILES string of the molecule is Cc1cnn(C)c1-c1ccc(Cn2cc(C(=O)N[C@H]3CCOC[C@@H]3O)c3nccn3c2=O)c(F)c1. The number of fused-ring (bicyclic) bond motifs is 1. The molecule has 35 heavy (non-hydrogen) atoms. The van der Waals surface area contributed by atoms with Crippen LogP contribution >= 0.6 is 0 Å². The van der Waals surface area contributed by atoms with Gasteiger partial charge >= 0.3 is 5.69 Å². The molecule has 4 aromatic rings. The van der Waals surface area contributed by atoms with Gasteiger partial charge in [-0.15, -0.1) is 0 Å². The van der Waals surface area contributed by atoms with Gasteiger partial charge in [-0.1, -0.05) is 12.1 Å². The summed E-state index contributed by atoms with van der Waals surface area (Å²) in [4.78, 5) is 30.3. The molecule has 0 aliphatic carbocycles. The quantitative estimate of drug-likeness (QED) is 0.445. The number of nitrogens with zero attached hydrogens (tertiary/aromatic N) is 5. The number of hydrogen-bond donors (Lipinski definition) is 2. The second-order valence-corrected chi connectivity index (χ2v) is 8.69. The van der Waals surface area contributed by atoms with Crippen LogP contribution in [0.5, 0.6) is 0 Å². The highest BCUT2D eigenvalue weighted by Gasteiger charge is 2.27. The van der Waals surface area contributed by atoms with E-state index in [1.54, 1.807) is 30.1 Å². The summed E-state index contributed by atoms with van der Waals surface area (Å²) in [6.45, 7) is 2.38. The topological polar surface area (TPSA) is 116 Å². The Hall–Kier alpha value is -3.83. The summed E-state index contributed by atoms with van der Waals surface area (Å²) in [5.74, 6) is -0.958. The van der Waals surface area contributed by atoms with E-state index in [0.717, 1.165) is 11.3 Å². The van der Waals surface area contributed by atoms with E-state index in [0.29, 0.717) is 24.2 Å². The zero-order valence-corrected chi connectivity index (χ0v) is 19.3. The predicted molar refractivity (Wildman–Crippen MR) is 125 cm³/mol. The Morgan fingerprint density at radius 2 is 2.20 bits per heavy atom. The Labute approximate surface area is 199 Å². The average molecular weight is 481 g/mol. The van der Waals surface area contributed by atoms with Gasteiger partial charge in [0.25, 0.3) is 5.91 Å². The van der Waals surface area contributed by atoms with Crippen molar-refractivity contribution in [3.8, 4) is 11.3 Å². The van der Waals surface area contributed by atoms with Crippen LogP contribution in [0.2, 0.25) is 0 Å². The minimum atomic E-state index is -0.829. The van der Waals surface area contributed by atoms with Gasteiger partial charge in [0.2, 0.25) is 0 Å². The van der Waals surface area contributed by atoms with Crippen LogP contribution in [0.1, 0.15) is 27.9 Å². The summed E-state index contributed by atoms with van der Waals surface area (Å²) in [7, 11) is 1.79. The fraction of sp³-hybridized carbons (Fsp3) is 0.333. The number of aromatic nitrogens is 5. The van der Waals surface area contributed by atoms with Crippen LogP contribution in [0.4, 0.5) is 4.39 Å². The third-order valence-corrected chi connectivity index (χ3v) is 6.29. The number of rotatable bonds is 5. The number of aryl methyl sites for hydroxylation is 2. The molecule has 4 heterocycles.